The minimum absolute atomic E-state index is 0.00892. The van der Waals surface area contributed by atoms with Crippen molar-refractivity contribution in [2.24, 2.45) is 0 Å². The molecule has 12 heteroatoms. The highest BCUT2D eigenvalue weighted by Gasteiger charge is 2.35. The Morgan fingerprint density at radius 2 is 1.86 bits per heavy atom. The van der Waals surface area contributed by atoms with Crippen molar-refractivity contribution in [2.45, 2.75) is 50.9 Å². The second-order valence-corrected chi connectivity index (χ2v) is 9.15. The van der Waals surface area contributed by atoms with E-state index in [-0.39, 0.29) is 18.4 Å². The monoisotopic (exact) mass is 511 g/mol. The summed E-state index contributed by atoms with van der Waals surface area (Å²) in [5.74, 6) is -0.541. The fourth-order valence-corrected chi connectivity index (χ4v) is 4.84. The molecule has 1 fully saturated rings. The Hall–Kier alpha value is -2.99. The van der Waals surface area contributed by atoms with Gasteiger partial charge in [-0.3, -0.25) is 10.1 Å². The van der Waals surface area contributed by atoms with E-state index >= 15 is 0 Å². The molecule has 0 radical (unpaired) electrons. The first-order valence-electron chi connectivity index (χ1n) is 11.8. The number of amides is 1. The summed E-state index contributed by atoms with van der Waals surface area (Å²) in [4.78, 5) is 25.9. The molecule has 2 aliphatic rings. The Labute approximate surface area is 206 Å². The van der Waals surface area contributed by atoms with E-state index in [9.17, 15) is 27.5 Å². The average molecular weight is 512 g/mol. The minimum atomic E-state index is -4.82. The Kier molecular flexibility index (Phi) is 7.65. The third-order valence-electron chi connectivity index (χ3n) is 6.59. The number of piperazine rings is 1. The number of aliphatic hydroxyl groups excluding tert-OH is 1. The van der Waals surface area contributed by atoms with Crippen LogP contribution in [0.4, 0.5) is 23.4 Å². The van der Waals surface area contributed by atoms with Gasteiger partial charge in [0.25, 0.3) is 0 Å². The number of nitrogens with one attached hydrogen (secondary N) is 1. The number of benzene rings is 1. The first kappa shape index (κ1) is 26.1. The molecule has 1 unspecified atom stereocenters. The molecule has 0 spiro atoms. The average Bonchev–Trinajstić information content (AvgIpc) is 3.12. The van der Waals surface area contributed by atoms with Crippen LogP contribution in [-0.2, 0) is 4.79 Å². The number of aliphatic hydroxyl groups is 1. The predicted molar refractivity (Wildman–Crippen MR) is 123 cm³/mol. The molecular formula is C24H29F4N5O3. The van der Waals surface area contributed by atoms with Gasteiger partial charge in [-0.2, -0.15) is 0 Å². The Morgan fingerprint density at radius 3 is 2.47 bits per heavy atom. The summed E-state index contributed by atoms with van der Waals surface area (Å²) in [5.41, 5.74) is 2.04. The third-order valence-corrected chi connectivity index (χ3v) is 6.59. The summed E-state index contributed by atoms with van der Waals surface area (Å²) in [7, 11) is 0. The molecule has 4 atom stereocenters. The van der Waals surface area contributed by atoms with Crippen LogP contribution in [0.25, 0.3) is 0 Å². The van der Waals surface area contributed by atoms with E-state index < -0.39 is 30.4 Å². The van der Waals surface area contributed by atoms with Gasteiger partial charge in [-0.1, -0.05) is 19.1 Å². The van der Waals surface area contributed by atoms with E-state index in [2.05, 4.69) is 24.9 Å². The molecule has 4 rings (SSSR count). The zero-order valence-corrected chi connectivity index (χ0v) is 20.0. The van der Waals surface area contributed by atoms with Crippen LogP contribution in [0.1, 0.15) is 55.0 Å². The van der Waals surface area contributed by atoms with Gasteiger partial charge in [-0.25, -0.2) is 14.4 Å². The summed E-state index contributed by atoms with van der Waals surface area (Å²) in [6, 6.07) is 5.07. The molecule has 1 amide bonds. The molecule has 0 saturated carbocycles. The van der Waals surface area contributed by atoms with Crippen molar-refractivity contribution in [3.63, 3.8) is 0 Å². The number of carbonyl (C=O) groups excluding carboxylic acids is 1. The van der Waals surface area contributed by atoms with E-state index in [1.807, 2.05) is 6.92 Å². The highest BCUT2D eigenvalue weighted by atomic mass is 19.4. The molecule has 8 nitrogen and oxygen atoms in total. The van der Waals surface area contributed by atoms with Crippen LogP contribution in [0.2, 0.25) is 0 Å². The van der Waals surface area contributed by atoms with E-state index in [1.54, 1.807) is 4.90 Å². The predicted octanol–water partition coefficient (Wildman–Crippen LogP) is 3.25. The number of hydrogen-bond donors (Lipinski definition) is 2. The molecule has 1 aromatic heterocycles. The van der Waals surface area contributed by atoms with Gasteiger partial charge in [0, 0.05) is 38.3 Å². The number of rotatable bonds is 7. The lowest BCUT2D eigenvalue weighted by Gasteiger charge is -2.38. The largest absolute Gasteiger partial charge is 0.573 e. The molecular weight excluding hydrogens is 482 g/mol. The first-order chi connectivity index (χ1) is 17.0. The van der Waals surface area contributed by atoms with Gasteiger partial charge in [-0.05, 0) is 37.0 Å². The quantitative estimate of drug-likeness (QED) is 0.436. The maximum atomic E-state index is 13.5. The molecule has 1 aliphatic carbocycles. The van der Waals surface area contributed by atoms with Crippen LogP contribution in [0, 0.1) is 0 Å². The number of halogens is 4. The van der Waals surface area contributed by atoms with Crippen LogP contribution in [0.15, 0.2) is 30.6 Å². The van der Waals surface area contributed by atoms with Crippen LogP contribution >= 0.6 is 0 Å². The van der Waals surface area contributed by atoms with Crippen molar-refractivity contribution in [3.05, 3.63) is 47.4 Å². The highest BCUT2D eigenvalue weighted by molar-refractivity contribution is 5.84. The lowest BCUT2D eigenvalue weighted by Crippen LogP contribution is -2.51. The van der Waals surface area contributed by atoms with Crippen molar-refractivity contribution in [2.75, 3.05) is 37.6 Å². The molecule has 36 heavy (non-hydrogen) atoms. The van der Waals surface area contributed by atoms with E-state index in [1.165, 1.54) is 25.4 Å². The third kappa shape index (κ3) is 5.86. The maximum Gasteiger partial charge on any atom is 0.573 e. The second kappa shape index (κ2) is 10.6. The Balaban J connectivity index is 1.46. The molecule has 1 aliphatic heterocycles. The summed E-state index contributed by atoms with van der Waals surface area (Å²) in [5, 5.41) is 12.9. The van der Waals surface area contributed by atoms with Crippen LogP contribution in [-0.4, -0.2) is 71.3 Å². The molecule has 196 valence electrons. The number of hydrogen-bond acceptors (Lipinski definition) is 7. The van der Waals surface area contributed by atoms with E-state index in [4.69, 9.17) is 0 Å². The topological polar surface area (TPSA) is 90.8 Å². The van der Waals surface area contributed by atoms with Gasteiger partial charge in [0.05, 0.1) is 17.7 Å². The molecule has 2 aromatic rings. The number of aromatic nitrogens is 2. The summed E-state index contributed by atoms with van der Waals surface area (Å²) in [6.07, 6.45) is -4.75. The molecule has 1 aromatic carbocycles. The van der Waals surface area contributed by atoms with Crippen molar-refractivity contribution in [3.8, 4) is 5.75 Å². The zero-order chi connectivity index (χ0) is 26.0. The first-order valence-corrected chi connectivity index (χ1v) is 11.8. The fraction of sp³-hybridized carbons (Fsp3) is 0.542. The van der Waals surface area contributed by atoms with E-state index in [0.29, 0.717) is 43.9 Å². The lowest BCUT2D eigenvalue weighted by molar-refractivity contribution is -0.274. The van der Waals surface area contributed by atoms with Gasteiger partial charge >= 0.3 is 6.36 Å². The molecule has 1 saturated heterocycles. The summed E-state index contributed by atoms with van der Waals surface area (Å²) >= 11 is 0. The van der Waals surface area contributed by atoms with E-state index in [0.717, 1.165) is 23.5 Å². The van der Waals surface area contributed by atoms with Crippen LogP contribution in [0.5, 0.6) is 5.75 Å². The standard InChI is InChI=1S/C24H29F4N5O3/c1-14-11-19(34)21-20(14)22(31-13-30-21)32-7-9-33(10-8-32)23(35)18(12-29-15(2)25)16-3-5-17(6-4-16)36-24(26,27)28/h3-6,13-15,18-19,29,34H,7-12H2,1-2H3/t14-,15?,18-,19-/m1/s1. The van der Waals surface area contributed by atoms with Crippen LogP contribution in [0.3, 0.4) is 0 Å². The van der Waals surface area contributed by atoms with Gasteiger partial charge in [0.2, 0.25) is 5.91 Å². The van der Waals surface area contributed by atoms with Crippen LogP contribution < -0.4 is 15.0 Å². The molecule has 2 heterocycles. The lowest BCUT2D eigenvalue weighted by atomic mass is 9.96. The number of alkyl halides is 4. The van der Waals surface area contributed by atoms with Crippen molar-refractivity contribution >= 4 is 11.7 Å². The van der Waals surface area contributed by atoms with Crippen molar-refractivity contribution in [1.82, 2.24) is 20.2 Å². The summed E-state index contributed by atoms with van der Waals surface area (Å²) < 4.78 is 54.9. The van der Waals surface area contributed by atoms with Gasteiger partial charge in [0.15, 0.2) is 0 Å². The van der Waals surface area contributed by atoms with Crippen molar-refractivity contribution in [1.29, 1.82) is 0 Å². The fourth-order valence-electron chi connectivity index (χ4n) is 4.84. The maximum absolute atomic E-state index is 13.5. The molecule has 2 N–H and O–H groups in total. The number of nitrogens with zero attached hydrogens (tertiary/aromatic N) is 4. The minimum Gasteiger partial charge on any atom is -0.406 e. The number of carbonyl (C=O) groups is 1. The Morgan fingerprint density at radius 1 is 1.19 bits per heavy atom. The smallest absolute Gasteiger partial charge is 0.406 e. The van der Waals surface area contributed by atoms with Gasteiger partial charge in [-0.15, -0.1) is 13.2 Å². The number of ether oxygens (including phenoxy) is 1. The van der Waals surface area contributed by atoms with Crippen molar-refractivity contribution < 1.29 is 32.2 Å². The SMILES string of the molecule is CC(F)NC[C@@H](C(=O)N1CCN(c2ncnc3c2[C@H](C)C[C@H]3O)CC1)c1ccc(OC(F)(F)F)cc1. The molecule has 0 bridgehead atoms. The highest BCUT2D eigenvalue weighted by Crippen LogP contribution is 2.42. The normalized spacial score (nSPS) is 21.8. The number of anilines is 1. The Bertz CT molecular complexity index is 1060. The number of fused-ring (bicyclic) bond motifs is 1. The zero-order valence-electron chi connectivity index (χ0n) is 20.0. The van der Waals surface area contributed by atoms with Gasteiger partial charge in [0.1, 0.15) is 24.2 Å². The summed E-state index contributed by atoms with van der Waals surface area (Å²) in [6.45, 7) is 5.13. The van der Waals surface area contributed by atoms with Gasteiger partial charge < -0.3 is 19.6 Å². The second-order valence-electron chi connectivity index (χ2n) is 9.15.